The Labute approximate surface area is 188 Å². The van der Waals surface area contributed by atoms with Crippen LogP contribution in [-0.2, 0) is 6.54 Å². The maximum Gasteiger partial charge on any atom is 0.511 e. The summed E-state index contributed by atoms with van der Waals surface area (Å²) < 4.78 is 22.6. The lowest BCUT2D eigenvalue weighted by Gasteiger charge is -2.17. The first kappa shape index (κ1) is 20.4. The van der Waals surface area contributed by atoms with Crippen LogP contribution in [0, 0.1) is 0 Å². The van der Waals surface area contributed by atoms with E-state index in [1.165, 1.54) is 4.57 Å². The zero-order valence-corrected chi connectivity index (χ0v) is 17.6. The first-order valence-corrected chi connectivity index (χ1v) is 10.1. The quantitative estimate of drug-likeness (QED) is 0.452. The summed E-state index contributed by atoms with van der Waals surface area (Å²) in [6.45, 7) is 0.322. The van der Waals surface area contributed by atoms with Gasteiger partial charge < -0.3 is 28.6 Å². The van der Waals surface area contributed by atoms with Gasteiger partial charge in [0.05, 0.1) is 19.2 Å². The number of nitrogens with zero attached hydrogens (tertiary/aromatic N) is 1. The fraction of sp³-hybridized carbons (Fsp3) is 0.120. The molecule has 0 unspecified atom stereocenters. The monoisotopic (exact) mass is 445 g/mol. The Morgan fingerprint density at radius 3 is 2.55 bits per heavy atom. The van der Waals surface area contributed by atoms with Gasteiger partial charge in [0.1, 0.15) is 5.75 Å². The van der Waals surface area contributed by atoms with Crippen LogP contribution in [0.1, 0.15) is 5.56 Å². The van der Waals surface area contributed by atoms with Gasteiger partial charge in [0.15, 0.2) is 11.5 Å². The van der Waals surface area contributed by atoms with Gasteiger partial charge in [0.25, 0.3) is 5.56 Å². The zero-order valence-electron chi connectivity index (χ0n) is 17.6. The minimum Gasteiger partial charge on any atom is -0.497 e. The predicted molar refractivity (Wildman–Crippen MR) is 121 cm³/mol. The predicted octanol–water partition coefficient (Wildman–Crippen LogP) is 4.51. The summed E-state index contributed by atoms with van der Waals surface area (Å²) in [5.41, 5.74) is 1.89. The van der Waals surface area contributed by atoms with Crippen molar-refractivity contribution in [3.05, 3.63) is 82.6 Å². The molecule has 8 heteroatoms. The van der Waals surface area contributed by atoms with Crippen LogP contribution < -0.4 is 24.5 Å². The van der Waals surface area contributed by atoms with E-state index in [4.69, 9.17) is 18.9 Å². The van der Waals surface area contributed by atoms with Crippen LogP contribution in [0.5, 0.6) is 23.0 Å². The highest BCUT2D eigenvalue weighted by Crippen LogP contribution is 2.41. The average Bonchev–Trinajstić information content (AvgIpc) is 3.30. The van der Waals surface area contributed by atoms with Gasteiger partial charge >= 0.3 is 6.16 Å². The molecule has 5 rings (SSSR count). The number of fused-ring (bicyclic) bond motifs is 2. The van der Waals surface area contributed by atoms with Gasteiger partial charge in [-0.3, -0.25) is 4.79 Å². The van der Waals surface area contributed by atoms with E-state index in [1.807, 2.05) is 36.4 Å². The molecular formula is C25H19NO7. The normalized spacial score (nSPS) is 12.0. The van der Waals surface area contributed by atoms with Crippen LogP contribution in [0.2, 0.25) is 0 Å². The summed E-state index contributed by atoms with van der Waals surface area (Å²) in [6, 6.07) is 19.8. The van der Waals surface area contributed by atoms with Crippen molar-refractivity contribution in [1.29, 1.82) is 0 Å². The van der Waals surface area contributed by atoms with E-state index in [1.54, 1.807) is 37.4 Å². The fourth-order valence-corrected chi connectivity index (χ4v) is 3.97. The van der Waals surface area contributed by atoms with E-state index in [9.17, 15) is 14.7 Å². The van der Waals surface area contributed by atoms with Crippen molar-refractivity contribution >= 4 is 17.1 Å². The number of hydrogen-bond donors (Lipinski definition) is 1. The van der Waals surface area contributed by atoms with Crippen LogP contribution >= 0.6 is 0 Å². The molecule has 0 radical (unpaired) electrons. The van der Waals surface area contributed by atoms with E-state index < -0.39 is 11.7 Å². The number of carbonyl (C=O) groups is 1. The average molecular weight is 445 g/mol. The molecule has 1 aliphatic rings. The van der Waals surface area contributed by atoms with Crippen molar-refractivity contribution in [3.63, 3.8) is 0 Å². The largest absolute Gasteiger partial charge is 0.511 e. The smallest absolute Gasteiger partial charge is 0.497 e. The van der Waals surface area contributed by atoms with Gasteiger partial charge in [-0.05, 0) is 41.5 Å². The lowest BCUT2D eigenvalue weighted by atomic mass is 9.99. The third kappa shape index (κ3) is 3.71. The van der Waals surface area contributed by atoms with Gasteiger partial charge in [-0.1, -0.05) is 36.4 Å². The molecule has 0 atom stereocenters. The summed E-state index contributed by atoms with van der Waals surface area (Å²) in [5.74, 6) is 1.52. The molecule has 33 heavy (non-hydrogen) atoms. The first-order valence-electron chi connectivity index (χ1n) is 10.1. The maximum atomic E-state index is 13.6. The molecule has 0 spiro atoms. The van der Waals surface area contributed by atoms with Crippen molar-refractivity contribution in [2.75, 3.05) is 13.9 Å². The Hall–Kier alpha value is -4.46. The number of ether oxygens (including phenoxy) is 4. The molecule has 0 saturated heterocycles. The van der Waals surface area contributed by atoms with Crippen LogP contribution in [0.3, 0.4) is 0 Å². The summed E-state index contributed by atoms with van der Waals surface area (Å²) in [4.78, 5) is 25.1. The minimum absolute atomic E-state index is 0.0987. The van der Waals surface area contributed by atoms with E-state index in [2.05, 4.69) is 0 Å². The topological polar surface area (TPSA) is 96.2 Å². The second-order valence-corrected chi connectivity index (χ2v) is 7.40. The molecule has 8 nitrogen and oxygen atoms in total. The van der Waals surface area contributed by atoms with Crippen LogP contribution in [0.4, 0.5) is 4.79 Å². The van der Waals surface area contributed by atoms with E-state index in [0.717, 1.165) is 5.56 Å². The zero-order chi connectivity index (χ0) is 22.9. The molecule has 1 aliphatic heterocycles. The summed E-state index contributed by atoms with van der Waals surface area (Å²) in [6.07, 6.45) is -1.57. The number of pyridine rings is 1. The second-order valence-electron chi connectivity index (χ2n) is 7.40. The molecule has 0 bridgehead atoms. The van der Waals surface area contributed by atoms with Crippen LogP contribution in [0.25, 0.3) is 22.0 Å². The number of benzene rings is 3. The molecule has 1 aromatic heterocycles. The third-order valence-corrected chi connectivity index (χ3v) is 5.48. The number of aromatic nitrogens is 1. The minimum atomic E-state index is -1.57. The van der Waals surface area contributed by atoms with Crippen molar-refractivity contribution in [3.8, 4) is 34.1 Å². The summed E-state index contributed by atoms with van der Waals surface area (Å²) in [5, 5.41) is 10.1. The van der Waals surface area contributed by atoms with Gasteiger partial charge in [-0.25, -0.2) is 4.79 Å². The Balaban J connectivity index is 1.74. The lowest BCUT2D eigenvalue weighted by molar-refractivity contribution is 0.144. The van der Waals surface area contributed by atoms with Gasteiger partial charge in [0.2, 0.25) is 12.5 Å². The van der Waals surface area contributed by atoms with Crippen LogP contribution in [0.15, 0.2) is 71.5 Å². The van der Waals surface area contributed by atoms with Gasteiger partial charge in [-0.2, -0.15) is 0 Å². The molecular weight excluding hydrogens is 426 g/mol. The lowest BCUT2D eigenvalue weighted by Crippen LogP contribution is -2.25. The highest BCUT2D eigenvalue weighted by Gasteiger charge is 2.24. The molecule has 0 amide bonds. The third-order valence-electron chi connectivity index (χ3n) is 5.48. The van der Waals surface area contributed by atoms with Crippen molar-refractivity contribution in [2.45, 2.75) is 6.54 Å². The SMILES string of the molecule is COc1ccc(Cn2c(=O)c(OC(=O)O)c(-c3ccc4c(c3)OCO4)c3ccccc32)cc1. The summed E-state index contributed by atoms with van der Waals surface area (Å²) in [7, 11) is 1.58. The van der Waals surface area contributed by atoms with E-state index >= 15 is 0 Å². The van der Waals surface area contributed by atoms with Gasteiger partial charge in [-0.15, -0.1) is 0 Å². The fourth-order valence-electron chi connectivity index (χ4n) is 3.97. The maximum absolute atomic E-state index is 13.6. The Morgan fingerprint density at radius 2 is 1.79 bits per heavy atom. The van der Waals surface area contributed by atoms with E-state index in [0.29, 0.717) is 39.3 Å². The number of para-hydroxylation sites is 1. The summed E-state index contributed by atoms with van der Waals surface area (Å²) >= 11 is 0. The molecule has 1 N–H and O–H groups in total. The molecule has 2 heterocycles. The Morgan fingerprint density at radius 1 is 1.03 bits per heavy atom. The Kier molecular flexibility index (Phi) is 5.10. The van der Waals surface area contributed by atoms with Crippen molar-refractivity contribution in [2.24, 2.45) is 0 Å². The van der Waals surface area contributed by atoms with Crippen LogP contribution in [-0.4, -0.2) is 29.7 Å². The number of hydrogen-bond acceptors (Lipinski definition) is 6. The molecule has 4 aromatic rings. The van der Waals surface area contributed by atoms with E-state index in [-0.39, 0.29) is 19.1 Å². The van der Waals surface area contributed by atoms with Crippen molar-refractivity contribution in [1.82, 2.24) is 4.57 Å². The number of methoxy groups -OCH3 is 1. The molecule has 3 aromatic carbocycles. The highest BCUT2D eigenvalue weighted by atomic mass is 16.7. The molecule has 0 aliphatic carbocycles. The Bertz CT molecular complexity index is 1420. The first-order chi connectivity index (χ1) is 16.0. The molecule has 0 saturated carbocycles. The standard InChI is InChI=1S/C25H19NO7/c1-30-17-9-6-15(7-10-17)13-26-19-5-3-2-4-18(19)22(23(24(26)27)33-25(28)29)16-8-11-20-21(12-16)32-14-31-20/h2-12H,13-14H2,1H3,(H,28,29). The number of rotatable bonds is 5. The number of carboxylic acid groups (broad SMARTS) is 1. The highest BCUT2D eigenvalue weighted by molar-refractivity contribution is 5.98. The second kappa shape index (κ2) is 8.23. The molecule has 0 fully saturated rings. The van der Waals surface area contributed by atoms with Gasteiger partial charge in [0, 0.05) is 10.9 Å². The molecule has 166 valence electrons. The van der Waals surface area contributed by atoms with Crippen molar-refractivity contribution < 1.29 is 28.8 Å².